The quantitative estimate of drug-likeness (QED) is 0.902. The number of aryl methyl sites for hydroxylation is 1. The van der Waals surface area contributed by atoms with E-state index in [2.05, 4.69) is 10.3 Å². The molecule has 0 amide bonds. The molecule has 0 aliphatic heterocycles. The van der Waals surface area contributed by atoms with Crippen LogP contribution in [0.5, 0.6) is 0 Å². The first-order valence-electron chi connectivity index (χ1n) is 5.55. The minimum Gasteiger partial charge on any atom is -0.370 e. The fraction of sp³-hybridized carbons (Fsp3) is 0.333. The molecule has 2 aromatic heterocycles. The largest absolute Gasteiger partial charge is 0.370 e. The molecule has 0 bridgehead atoms. The Morgan fingerprint density at radius 2 is 2.29 bits per heavy atom. The van der Waals surface area contributed by atoms with Crippen LogP contribution in [0.4, 0.5) is 5.82 Å². The van der Waals surface area contributed by atoms with Crippen LogP contribution in [0.15, 0.2) is 28.4 Å². The molecule has 0 aromatic carbocycles. The third-order valence-electron chi connectivity index (χ3n) is 2.46. The Hall–Kier alpha value is -1.62. The van der Waals surface area contributed by atoms with E-state index in [1.165, 1.54) is 11.3 Å². The highest BCUT2D eigenvalue weighted by molar-refractivity contribution is 7.07. The van der Waals surface area contributed by atoms with Crippen LogP contribution in [0.25, 0.3) is 0 Å². The molecule has 0 saturated heterocycles. The summed E-state index contributed by atoms with van der Waals surface area (Å²) in [5, 5.41) is 5.03. The minimum atomic E-state index is 0.0677. The first kappa shape index (κ1) is 11.9. The van der Waals surface area contributed by atoms with Gasteiger partial charge in [-0.25, -0.2) is 4.98 Å². The Morgan fingerprint density at radius 1 is 1.47 bits per heavy atom. The van der Waals surface area contributed by atoms with Gasteiger partial charge in [-0.15, -0.1) is 0 Å². The van der Waals surface area contributed by atoms with Crippen LogP contribution >= 0.6 is 11.3 Å². The zero-order valence-electron chi connectivity index (χ0n) is 9.93. The van der Waals surface area contributed by atoms with E-state index in [0.29, 0.717) is 6.54 Å². The van der Waals surface area contributed by atoms with Crippen LogP contribution in [0, 0.1) is 6.92 Å². The van der Waals surface area contributed by atoms with E-state index in [9.17, 15) is 4.79 Å². The van der Waals surface area contributed by atoms with Gasteiger partial charge in [0, 0.05) is 17.6 Å². The molecule has 4 nitrogen and oxygen atoms in total. The van der Waals surface area contributed by atoms with Crippen LogP contribution in [0.3, 0.4) is 0 Å². The molecule has 0 radical (unpaired) electrons. The van der Waals surface area contributed by atoms with Crippen molar-refractivity contribution in [1.82, 2.24) is 9.55 Å². The second-order valence-electron chi connectivity index (χ2n) is 3.77. The Labute approximate surface area is 104 Å². The highest BCUT2D eigenvalue weighted by Crippen LogP contribution is 2.07. The fourth-order valence-electron chi connectivity index (χ4n) is 1.61. The highest BCUT2D eigenvalue weighted by Gasteiger charge is 2.04. The molecule has 0 spiro atoms. The van der Waals surface area contributed by atoms with Gasteiger partial charge in [-0.3, -0.25) is 9.36 Å². The molecule has 0 aliphatic carbocycles. The molecule has 0 saturated carbocycles. The van der Waals surface area contributed by atoms with Crippen molar-refractivity contribution in [2.24, 2.45) is 0 Å². The van der Waals surface area contributed by atoms with Crippen molar-refractivity contribution in [3.05, 3.63) is 44.6 Å². The topological polar surface area (TPSA) is 46.9 Å². The first-order valence-corrected chi connectivity index (χ1v) is 6.43. The maximum atomic E-state index is 11.6. The fourth-order valence-corrected chi connectivity index (χ4v) is 2.34. The predicted octanol–water partition coefficient (Wildman–Crippen LogP) is 2.09. The summed E-state index contributed by atoms with van der Waals surface area (Å²) in [6, 6.07) is 5.81. The molecule has 0 fully saturated rings. The predicted molar refractivity (Wildman–Crippen MR) is 70.8 cm³/mol. The number of rotatable bonds is 4. The SMILES string of the molecule is CCNc1cccc(Cn2c(C)csc2=O)n1. The van der Waals surface area contributed by atoms with Gasteiger partial charge < -0.3 is 5.32 Å². The zero-order valence-corrected chi connectivity index (χ0v) is 10.8. The number of hydrogen-bond donors (Lipinski definition) is 1. The number of nitrogens with zero attached hydrogens (tertiary/aromatic N) is 2. The Kier molecular flexibility index (Phi) is 3.58. The summed E-state index contributed by atoms with van der Waals surface area (Å²) in [7, 11) is 0. The van der Waals surface area contributed by atoms with Crippen LogP contribution in [-0.4, -0.2) is 16.1 Å². The molecule has 5 heteroatoms. The lowest BCUT2D eigenvalue weighted by molar-refractivity contribution is 0.736. The number of anilines is 1. The summed E-state index contributed by atoms with van der Waals surface area (Å²) in [6.45, 7) is 5.34. The lowest BCUT2D eigenvalue weighted by Gasteiger charge is -2.06. The van der Waals surface area contributed by atoms with Gasteiger partial charge >= 0.3 is 4.87 Å². The summed E-state index contributed by atoms with van der Waals surface area (Å²) >= 11 is 1.23. The van der Waals surface area contributed by atoms with E-state index in [1.54, 1.807) is 4.57 Å². The Morgan fingerprint density at radius 3 is 2.94 bits per heavy atom. The standard InChI is InChI=1S/C12H15N3OS/c1-3-13-11-6-4-5-10(14-11)7-15-9(2)8-17-12(15)16/h4-6,8H,3,7H2,1-2H3,(H,13,14). The van der Waals surface area contributed by atoms with E-state index in [0.717, 1.165) is 23.8 Å². The molecule has 2 heterocycles. The number of hydrogen-bond acceptors (Lipinski definition) is 4. The number of aromatic nitrogens is 2. The average Bonchev–Trinajstić information content (AvgIpc) is 2.62. The van der Waals surface area contributed by atoms with Crippen LogP contribution < -0.4 is 10.2 Å². The van der Waals surface area contributed by atoms with E-state index in [-0.39, 0.29) is 4.87 Å². The highest BCUT2D eigenvalue weighted by atomic mass is 32.1. The van der Waals surface area contributed by atoms with Crippen molar-refractivity contribution in [3.8, 4) is 0 Å². The van der Waals surface area contributed by atoms with Crippen LogP contribution in [0.2, 0.25) is 0 Å². The number of nitrogens with one attached hydrogen (secondary N) is 1. The summed E-state index contributed by atoms with van der Waals surface area (Å²) in [6.07, 6.45) is 0. The van der Waals surface area contributed by atoms with Crippen molar-refractivity contribution in [2.75, 3.05) is 11.9 Å². The van der Waals surface area contributed by atoms with Crippen molar-refractivity contribution < 1.29 is 0 Å². The van der Waals surface area contributed by atoms with Gasteiger partial charge in [0.25, 0.3) is 0 Å². The third kappa shape index (κ3) is 2.74. The summed E-state index contributed by atoms with van der Waals surface area (Å²) in [5.41, 5.74) is 1.88. The van der Waals surface area contributed by atoms with Gasteiger partial charge in [0.1, 0.15) is 5.82 Å². The van der Waals surface area contributed by atoms with E-state index in [4.69, 9.17) is 0 Å². The minimum absolute atomic E-state index is 0.0677. The van der Waals surface area contributed by atoms with Crippen molar-refractivity contribution in [2.45, 2.75) is 20.4 Å². The van der Waals surface area contributed by atoms with E-state index >= 15 is 0 Å². The van der Waals surface area contributed by atoms with Gasteiger partial charge in [-0.05, 0) is 26.0 Å². The average molecular weight is 249 g/mol. The maximum absolute atomic E-state index is 11.6. The number of pyridine rings is 1. The molecule has 90 valence electrons. The summed E-state index contributed by atoms with van der Waals surface area (Å²) in [5.74, 6) is 0.853. The van der Waals surface area contributed by atoms with Crippen molar-refractivity contribution in [1.29, 1.82) is 0 Å². The van der Waals surface area contributed by atoms with E-state index < -0.39 is 0 Å². The second-order valence-corrected chi connectivity index (χ2v) is 4.59. The molecule has 0 aliphatic rings. The maximum Gasteiger partial charge on any atom is 0.307 e. The number of thiazole rings is 1. The summed E-state index contributed by atoms with van der Waals surface area (Å²) in [4.78, 5) is 16.1. The van der Waals surface area contributed by atoms with E-state index in [1.807, 2.05) is 37.4 Å². The van der Waals surface area contributed by atoms with Gasteiger partial charge in [0.05, 0.1) is 12.2 Å². The second kappa shape index (κ2) is 5.14. The molecule has 2 rings (SSSR count). The monoisotopic (exact) mass is 249 g/mol. The third-order valence-corrected chi connectivity index (χ3v) is 3.34. The molecule has 17 heavy (non-hydrogen) atoms. The van der Waals surface area contributed by atoms with Crippen LogP contribution in [0.1, 0.15) is 18.3 Å². The van der Waals surface area contributed by atoms with Gasteiger partial charge in [-0.1, -0.05) is 17.4 Å². The van der Waals surface area contributed by atoms with Gasteiger partial charge in [0.15, 0.2) is 0 Å². The first-order chi connectivity index (χ1) is 8.20. The molecule has 0 atom stereocenters. The molecule has 2 aromatic rings. The molecular weight excluding hydrogens is 234 g/mol. The van der Waals surface area contributed by atoms with Gasteiger partial charge in [0.2, 0.25) is 0 Å². The zero-order chi connectivity index (χ0) is 12.3. The normalized spacial score (nSPS) is 10.5. The lowest BCUT2D eigenvalue weighted by atomic mass is 10.3. The van der Waals surface area contributed by atoms with Crippen molar-refractivity contribution >= 4 is 17.2 Å². The molecule has 0 unspecified atom stereocenters. The van der Waals surface area contributed by atoms with Gasteiger partial charge in [-0.2, -0.15) is 0 Å². The Balaban J connectivity index is 2.24. The lowest BCUT2D eigenvalue weighted by Crippen LogP contribution is -2.16. The summed E-state index contributed by atoms with van der Waals surface area (Å²) < 4.78 is 1.74. The smallest absolute Gasteiger partial charge is 0.307 e. The molecular formula is C12H15N3OS. The molecule has 1 N–H and O–H groups in total. The van der Waals surface area contributed by atoms with Crippen molar-refractivity contribution in [3.63, 3.8) is 0 Å². The Bertz CT molecular complexity index is 559. The van der Waals surface area contributed by atoms with Crippen LogP contribution in [-0.2, 0) is 6.54 Å².